The summed E-state index contributed by atoms with van der Waals surface area (Å²) in [4.78, 5) is 25.8. The fourth-order valence-electron chi connectivity index (χ4n) is 4.80. The highest BCUT2D eigenvalue weighted by Gasteiger charge is 2.24. The molecule has 1 atom stereocenters. The molecule has 10 nitrogen and oxygen atoms in total. The van der Waals surface area contributed by atoms with Crippen molar-refractivity contribution in [3.05, 3.63) is 71.2 Å². The van der Waals surface area contributed by atoms with Crippen molar-refractivity contribution < 1.29 is 9.90 Å². The number of piperazine rings is 1. The minimum absolute atomic E-state index is 0.205. The summed E-state index contributed by atoms with van der Waals surface area (Å²) in [5.41, 5.74) is 5.33. The van der Waals surface area contributed by atoms with Crippen LogP contribution >= 0.6 is 0 Å². The number of para-hydroxylation sites is 1. The van der Waals surface area contributed by atoms with E-state index in [-0.39, 0.29) is 11.6 Å². The van der Waals surface area contributed by atoms with Crippen molar-refractivity contribution in [2.75, 3.05) is 41.3 Å². The lowest BCUT2D eigenvalue weighted by atomic mass is 10.0. The van der Waals surface area contributed by atoms with Gasteiger partial charge in [0.25, 0.3) is 0 Å². The van der Waals surface area contributed by atoms with Crippen molar-refractivity contribution in [2.24, 2.45) is 7.05 Å². The van der Waals surface area contributed by atoms with E-state index < -0.39 is 5.97 Å². The first-order valence-corrected chi connectivity index (χ1v) is 12.1. The first-order chi connectivity index (χ1) is 17.8. The standard InChI is InChI=1S/C27H28N8O2/c1-17-12-21(18(2)30-22-7-5-4-6-20(22)27(36)37)25-23(13-17)31-24(14-28)26(32-25)35-10-8-34(9-11-35)19-15-29-33(3)16-19/h4-7,12-13,15-16,18,30H,8-11H2,1-3H3,(H,36,37)/t18-/m1/s1. The zero-order valence-corrected chi connectivity index (χ0v) is 21.0. The molecular formula is C27H28N8O2. The molecule has 1 aliphatic heterocycles. The van der Waals surface area contributed by atoms with Gasteiger partial charge in [0.15, 0.2) is 11.5 Å². The van der Waals surface area contributed by atoms with Gasteiger partial charge in [0, 0.05) is 50.7 Å². The van der Waals surface area contributed by atoms with Crippen molar-refractivity contribution in [3.63, 3.8) is 0 Å². The molecule has 0 amide bonds. The predicted molar refractivity (Wildman–Crippen MR) is 142 cm³/mol. The molecule has 5 rings (SSSR count). The summed E-state index contributed by atoms with van der Waals surface area (Å²) in [5.74, 6) is -0.417. The van der Waals surface area contributed by atoms with Gasteiger partial charge in [-0.05, 0) is 37.6 Å². The Bertz CT molecular complexity index is 1510. The molecule has 2 aromatic carbocycles. The molecule has 2 N–H and O–H groups in total. The van der Waals surface area contributed by atoms with Crippen LogP contribution in [0.2, 0.25) is 0 Å². The van der Waals surface area contributed by atoms with Gasteiger partial charge in [-0.25, -0.2) is 14.8 Å². The van der Waals surface area contributed by atoms with Crippen LogP contribution in [0.25, 0.3) is 11.0 Å². The molecule has 0 aliphatic carbocycles. The Labute approximate surface area is 214 Å². The molecule has 0 radical (unpaired) electrons. The van der Waals surface area contributed by atoms with Gasteiger partial charge in [-0.15, -0.1) is 0 Å². The van der Waals surface area contributed by atoms with Crippen LogP contribution < -0.4 is 15.1 Å². The van der Waals surface area contributed by atoms with Crippen LogP contribution in [0.15, 0.2) is 48.8 Å². The third-order valence-electron chi connectivity index (χ3n) is 6.66. The Hall–Kier alpha value is -4.65. The molecule has 0 unspecified atom stereocenters. The van der Waals surface area contributed by atoms with E-state index in [9.17, 15) is 15.2 Å². The van der Waals surface area contributed by atoms with E-state index in [1.54, 1.807) is 28.9 Å². The molecule has 0 saturated carbocycles. The number of nitrogens with zero attached hydrogens (tertiary/aromatic N) is 7. The lowest BCUT2D eigenvalue weighted by Gasteiger charge is -2.36. The third-order valence-corrected chi connectivity index (χ3v) is 6.66. The summed E-state index contributed by atoms with van der Waals surface area (Å²) < 4.78 is 1.79. The second kappa shape index (κ2) is 9.78. The number of aromatic nitrogens is 4. The Kier molecular flexibility index (Phi) is 6.36. The fourth-order valence-corrected chi connectivity index (χ4v) is 4.80. The average Bonchev–Trinajstić information content (AvgIpc) is 3.33. The summed E-state index contributed by atoms with van der Waals surface area (Å²) in [5, 5.41) is 27.1. The number of nitrogens with one attached hydrogen (secondary N) is 1. The number of carbonyl (C=O) groups is 1. The average molecular weight is 497 g/mol. The molecule has 4 aromatic rings. The minimum atomic E-state index is -0.990. The van der Waals surface area contributed by atoms with Crippen LogP contribution in [0.4, 0.5) is 17.2 Å². The van der Waals surface area contributed by atoms with Crippen molar-refractivity contribution >= 4 is 34.2 Å². The van der Waals surface area contributed by atoms with Gasteiger partial charge in [0.2, 0.25) is 0 Å². The number of nitriles is 1. The normalized spacial score (nSPS) is 14.4. The number of hydrogen-bond acceptors (Lipinski definition) is 8. The monoisotopic (exact) mass is 496 g/mol. The van der Waals surface area contributed by atoms with Gasteiger partial charge in [-0.1, -0.05) is 18.2 Å². The maximum Gasteiger partial charge on any atom is 0.337 e. The maximum atomic E-state index is 11.7. The van der Waals surface area contributed by atoms with Crippen LogP contribution in [0.5, 0.6) is 0 Å². The van der Waals surface area contributed by atoms with E-state index in [1.807, 2.05) is 45.4 Å². The minimum Gasteiger partial charge on any atom is -0.478 e. The number of aryl methyl sites for hydroxylation is 2. The van der Waals surface area contributed by atoms with Crippen molar-refractivity contribution in [2.45, 2.75) is 19.9 Å². The highest BCUT2D eigenvalue weighted by atomic mass is 16.4. The highest BCUT2D eigenvalue weighted by molar-refractivity contribution is 5.94. The number of carboxylic acids is 1. The Morgan fingerprint density at radius 3 is 2.54 bits per heavy atom. The Morgan fingerprint density at radius 2 is 1.86 bits per heavy atom. The van der Waals surface area contributed by atoms with Gasteiger partial charge in [0.1, 0.15) is 6.07 Å². The summed E-state index contributed by atoms with van der Waals surface area (Å²) in [6, 6.07) is 12.8. The molecule has 0 bridgehead atoms. The fraction of sp³-hybridized carbons (Fsp3) is 0.296. The molecule has 3 heterocycles. The van der Waals surface area contributed by atoms with Crippen molar-refractivity contribution in [1.29, 1.82) is 5.26 Å². The van der Waals surface area contributed by atoms with Crippen LogP contribution in [-0.4, -0.2) is 57.0 Å². The van der Waals surface area contributed by atoms with E-state index in [0.717, 1.165) is 29.9 Å². The van der Waals surface area contributed by atoms with Crippen LogP contribution in [-0.2, 0) is 7.05 Å². The molecule has 0 spiro atoms. The number of anilines is 3. The van der Waals surface area contributed by atoms with Gasteiger partial charge in [0.05, 0.1) is 34.5 Å². The molecule has 2 aromatic heterocycles. The molecule has 37 heavy (non-hydrogen) atoms. The zero-order valence-electron chi connectivity index (χ0n) is 21.0. The van der Waals surface area contributed by atoms with Crippen molar-refractivity contribution in [1.82, 2.24) is 19.7 Å². The Balaban J connectivity index is 1.48. The van der Waals surface area contributed by atoms with E-state index in [0.29, 0.717) is 41.3 Å². The summed E-state index contributed by atoms with van der Waals surface area (Å²) in [7, 11) is 1.90. The van der Waals surface area contributed by atoms with Crippen LogP contribution in [0, 0.1) is 18.3 Å². The number of rotatable bonds is 6. The highest BCUT2D eigenvalue weighted by Crippen LogP contribution is 2.31. The van der Waals surface area contributed by atoms with E-state index in [1.165, 1.54) is 0 Å². The second-order valence-corrected chi connectivity index (χ2v) is 9.29. The number of aromatic carboxylic acids is 1. The first-order valence-electron chi connectivity index (χ1n) is 12.1. The van der Waals surface area contributed by atoms with E-state index >= 15 is 0 Å². The molecule has 1 aliphatic rings. The SMILES string of the molecule is Cc1cc([C@@H](C)Nc2ccccc2C(=O)O)c2nc(N3CCN(c4cnn(C)c4)CC3)c(C#N)nc2c1. The van der Waals surface area contributed by atoms with Gasteiger partial charge in [-0.3, -0.25) is 4.68 Å². The summed E-state index contributed by atoms with van der Waals surface area (Å²) >= 11 is 0. The Morgan fingerprint density at radius 1 is 1.14 bits per heavy atom. The lowest BCUT2D eigenvalue weighted by molar-refractivity contribution is 0.0698. The van der Waals surface area contributed by atoms with E-state index in [4.69, 9.17) is 9.97 Å². The maximum absolute atomic E-state index is 11.7. The van der Waals surface area contributed by atoms with Gasteiger partial charge >= 0.3 is 5.97 Å². The van der Waals surface area contributed by atoms with Gasteiger partial charge < -0.3 is 20.2 Å². The van der Waals surface area contributed by atoms with Crippen molar-refractivity contribution in [3.8, 4) is 6.07 Å². The molecule has 188 valence electrons. The quantitative estimate of drug-likeness (QED) is 0.411. The number of carboxylic acid groups (broad SMARTS) is 1. The molecule has 1 saturated heterocycles. The molecule has 10 heteroatoms. The third kappa shape index (κ3) is 4.76. The van der Waals surface area contributed by atoms with Crippen LogP contribution in [0.1, 0.15) is 40.1 Å². The molecule has 1 fully saturated rings. The number of fused-ring (bicyclic) bond motifs is 1. The number of hydrogen-bond donors (Lipinski definition) is 2. The predicted octanol–water partition coefficient (Wildman–Crippen LogP) is 3.74. The van der Waals surface area contributed by atoms with E-state index in [2.05, 4.69) is 26.3 Å². The second-order valence-electron chi connectivity index (χ2n) is 9.29. The van der Waals surface area contributed by atoms with Crippen LogP contribution in [0.3, 0.4) is 0 Å². The van der Waals surface area contributed by atoms with Gasteiger partial charge in [-0.2, -0.15) is 10.4 Å². The number of benzene rings is 2. The summed E-state index contributed by atoms with van der Waals surface area (Å²) in [6.07, 6.45) is 3.86. The smallest absolute Gasteiger partial charge is 0.337 e. The first kappa shape index (κ1) is 24.1. The zero-order chi connectivity index (χ0) is 26.1. The topological polar surface area (TPSA) is 123 Å². The lowest BCUT2D eigenvalue weighted by Crippen LogP contribution is -2.47. The summed E-state index contributed by atoms with van der Waals surface area (Å²) in [6.45, 7) is 6.90. The largest absolute Gasteiger partial charge is 0.478 e. The molecular weight excluding hydrogens is 468 g/mol.